The Kier molecular flexibility index (Phi) is 6.54. The minimum absolute atomic E-state index is 0.0499. The second-order valence-electron chi connectivity index (χ2n) is 7.37. The van der Waals surface area contributed by atoms with E-state index >= 15 is 0 Å². The van der Waals surface area contributed by atoms with Gasteiger partial charge in [-0.3, -0.25) is 4.79 Å². The molecule has 0 aromatic heterocycles. The number of aryl methyl sites for hydroxylation is 1. The van der Waals surface area contributed by atoms with E-state index in [4.69, 9.17) is 14.2 Å². The number of hydrogen-bond donors (Lipinski definition) is 0. The number of benzene rings is 1. The zero-order valence-electron chi connectivity index (χ0n) is 16.0. The molecular formula is C21H31NO4. The smallest absolute Gasteiger partial charge is 0.260 e. The van der Waals surface area contributed by atoms with Gasteiger partial charge in [-0.25, -0.2) is 0 Å². The number of ether oxygens (including phenoxy) is 3. The Morgan fingerprint density at radius 2 is 2.00 bits per heavy atom. The van der Waals surface area contributed by atoms with E-state index in [0.717, 1.165) is 64.3 Å². The van der Waals surface area contributed by atoms with Crippen LogP contribution in [0.15, 0.2) is 24.3 Å². The molecule has 1 amide bonds. The minimum Gasteiger partial charge on any atom is -0.484 e. The fourth-order valence-electron chi connectivity index (χ4n) is 4.12. The van der Waals surface area contributed by atoms with Crippen LogP contribution in [-0.2, 0) is 14.3 Å². The molecule has 2 aliphatic heterocycles. The van der Waals surface area contributed by atoms with Gasteiger partial charge in [0.15, 0.2) is 6.61 Å². The number of hydrogen-bond acceptors (Lipinski definition) is 4. The molecule has 1 atom stereocenters. The molecule has 0 N–H and O–H groups in total. The van der Waals surface area contributed by atoms with Crippen molar-refractivity contribution in [2.45, 2.75) is 45.1 Å². The van der Waals surface area contributed by atoms with E-state index in [1.54, 1.807) is 0 Å². The standard InChI is InChI=1S/C21H31NO4/c1-3-24-14-8-18-9-15-26-21(18)10-12-22(13-11-21)20(23)16-25-19-6-4-17(2)5-7-19/h4-7,18H,3,8-16H2,1-2H3/t18-/m1/s1. The molecule has 0 saturated carbocycles. The highest BCUT2D eigenvalue weighted by Crippen LogP contribution is 2.42. The van der Waals surface area contributed by atoms with Crippen LogP contribution in [0.3, 0.4) is 0 Å². The van der Waals surface area contributed by atoms with E-state index in [9.17, 15) is 4.79 Å². The first kappa shape index (κ1) is 19.2. The van der Waals surface area contributed by atoms with Gasteiger partial charge in [0.1, 0.15) is 5.75 Å². The molecule has 26 heavy (non-hydrogen) atoms. The van der Waals surface area contributed by atoms with Crippen LogP contribution in [0, 0.1) is 12.8 Å². The Morgan fingerprint density at radius 3 is 2.69 bits per heavy atom. The molecule has 1 aromatic carbocycles. The SMILES string of the molecule is CCOCC[C@@H]1CCOC12CCN(C(=O)COc1ccc(C)cc1)CC2. The lowest BCUT2D eigenvalue weighted by Gasteiger charge is -2.42. The number of amides is 1. The summed E-state index contributed by atoms with van der Waals surface area (Å²) < 4.78 is 17.3. The van der Waals surface area contributed by atoms with Crippen LogP contribution in [0.5, 0.6) is 5.75 Å². The summed E-state index contributed by atoms with van der Waals surface area (Å²) in [6.45, 7) is 8.08. The van der Waals surface area contributed by atoms with Crippen LogP contribution in [0.2, 0.25) is 0 Å². The molecule has 2 fully saturated rings. The highest BCUT2D eigenvalue weighted by Gasteiger charge is 2.46. The van der Waals surface area contributed by atoms with E-state index in [-0.39, 0.29) is 18.1 Å². The van der Waals surface area contributed by atoms with Gasteiger partial charge in [0.05, 0.1) is 5.60 Å². The monoisotopic (exact) mass is 361 g/mol. The molecule has 2 heterocycles. The largest absolute Gasteiger partial charge is 0.484 e. The van der Waals surface area contributed by atoms with Crippen molar-refractivity contribution in [3.63, 3.8) is 0 Å². The number of likely N-dealkylation sites (tertiary alicyclic amines) is 1. The third kappa shape index (κ3) is 4.57. The Hall–Kier alpha value is -1.59. The van der Waals surface area contributed by atoms with Crippen molar-refractivity contribution < 1.29 is 19.0 Å². The first-order chi connectivity index (χ1) is 12.6. The van der Waals surface area contributed by atoms with Gasteiger partial charge in [-0.05, 0) is 57.6 Å². The lowest BCUT2D eigenvalue weighted by atomic mass is 9.78. The lowest BCUT2D eigenvalue weighted by molar-refractivity contribution is -0.139. The molecule has 2 aliphatic rings. The van der Waals surface area contributed by atoms with Gasteiger partial charge in [0.2, 0.25) is 0 Å². The van der Waals surface area contributed by atoms with Crippen molar-refractivity contribution in [2.75, 3.05) is 39.5 Å². The summed E-state index contributed by atoms with van der Waals surface area (Å²) in [4.78, 5) is 14.4. The normalized spacial score (nSPS) is 21.9. The molecule has 0 radical (unpaired) electrons. The molecule has 3 rings (SSSR count). The molecular weight excluding hydrogens is 330 g/mol. The second-order valence-corrected chi connectivity index (χ2v) is 7.37. The Labute approximate surface area is 156 Å². The first-order valence-corrected chi connectivity index (χ1v) is 9.82. The van der Waals surface area contributed by atoms with E-state index in [2.05, 4.69) is 0 Å². The number of rotatable bonds is 7. The maximum Gasteiger partial charge on any atom is 0.260 e. The van der Waals surface area contributed by atoms with Crippen molar-refractivity contribution in [2.24, 2.45) is 5.92 Å². The summed E-state index contributed by atoms with van der Waals surface area (Å²) >= 11 is 0. The van der Waals surface area contributed by atoms with Gasteiger partial charge in [-0.2, -0.15) is 0 Å². The van der Waals surface area contributed by atoms with Crippen LogP contribution < -0.4 is 4.74 Å². The van der Waals surface area contributed by atoms with E-state index < -0.39 is 0 Å². The molecule has 5 heteroatoms. The maximum atomic E-state index is 12.5. The van der Waals surface area contributed by atoms with Crippen molar-refractivity contribution in [1.29, 1.82) is 0 Å². The van der Waals surface area contributed by atoms with Crippen LogP contribution in [0.1, 0.15) is 38.2 Å². The van der Waals surface area contributed by atoms with Gasteiger partial charge in [-0.15, -0.1) is 0 Å². The van der Waals surface area contributed by atoms with Crippen molar-refractivity contribution in [1.82, 2.24) is 4.90 Å². The summed E-state index contributed by atoms with van der Waals surface area (Å²) in [5, 5.41) is 0. The van der Waals surface area contributed by atoms with E-state index in [1.165, 1.54) is 5.56 Å². The number of carbonyl (C=O) groups excluding carboxylic acids is 1. The van der Waals surface area contributed by atoms with E-state index in [1.807, 2.05) is 43.0 Å². The summed E-state index contributed by atoms with van der Waals surface area (Å²) in [6.07, 6.45) is 4.00. The van der Waals surface area contributed by atoms with Crippen molar-refractivity contribution in [3.05, 3.63) is 29.8 Å². The predicted molar refractivity (Wildman–Crippen MR) is 100 cm³/mol. The van der Waals surface area contributed by atoms with Gasteiger partial charge in [0, 0.05) is 32.9 Å². The van der Waals surface area contributed by atoms with Crippen molar-refractivity contribution >= 4 is 5.91 Å². The zero-order valence-corrected chi connectivity index (χ0v) is 16.0. The lowest BCUT2D eigenvalue weighted by Crippen LogP contribution is -2.50. The molecule has 0 unspecified atom stereocenters. The number of piperidine rings is 1. The summed E-state index contributed by atoms with van der Waals surface area (Å²) in [5.74, 6) is 1.35. The molecule has 144 valence electrons. The minimum atomic E-state index is -0.0499. The average Bonchev–Trinajstić information content (AvgIpc) is 3.04. The molecule has 1 spiro atoms. The highest BCUT2D eigenvalue weighted by atomic mass is 16.5. The fourth-order valence-corrected chi connectivity index (χ4v) is 4.12. The average molecular weight is 361 g/mol. The third-order valence-electron chi connectivity index (χ3n) is 5.76. The predicted octanol–water partition coefficient (Wildman–Crippen LogP) is 3.20. The highest BCUT2D eigenvalue weighted by molar-refractivity contribution is 5.77. The Balaban J connectivity index is 1.46. The number of nitrogens with zero attached hydrogens (tertiary/aromatic N) is 1. The second kappa shape index (κ2) is 8.87. The van der Waals surface area contributed by atoms with Crippen LogP contribution in [-0.4, -0.2) is 55.9 Å². The van der Waals surface area contributed by atoms with E-state index in [0.29, 0.717) is 5.92 Å². The first-order valence-electron chi connectivity index (χ1n) is 9.82. The Morgan fingerprint density at radius 1 is 1.27 bits per heavy atom. The van der Waals surface area contributed by atoms with Gasteiger partial charge in [0.25, 0.3) is 5.91 Å². The summed E-state index contributed by atoms with van der Waals surface area (Å²) in [6, 6.07) is 7.79. The van der Waals surface area contributed by atoms with Crippen LogP contribution in [0.4, 0.5) is 0 Å². The quantitative estimate of drug-likeness (QED) is 0.700. The topological polar surface area (TPSA) is 48.0 Å². The van der Waals surface area contributed by atoms with Gasteiger partial charge in [-0.1, -0.05) is 17.7 Å². The molecule has 2 saturated heterocycles. The van der Waals surface area contributed by atoms with Gasteiger partial charge >= 0.3 is 0 Å². The van der Waals surface area contributed by atoms with Crippen LogP contribution >= 0.6 is 0 Å². The molecule has 1 aromatic rings. The summed E-state index contributed by atoms with van der Waals surface area (Å²) in [5.41, 5.74) is 1.13. The number of carbonyl (C=O) groups is 1. The van der Waals surface area contributed by atoms with Crippen molar-refractivity contribution in [3.8, 4) is 5.75 Å². The Bertz CT molecular complexity index is 578. The molecule has 5 nitrogen and oxygen atoms in total. The fraction of sp³-hybridized carbons (Fsp3) is 0.667. The van der Waals surface area contributed by atoms with Crippen LogP contribution in [0.25, 0.3) is 0 Å². The molecule has 0 aliphatic carbocycles. The summed E-state index contributed by atoms with van der Waals surface area (Å²) in [7, 11) is 0. The zero-order chi connectivity index (χ0) is 18.4. The molecule has 0 bridgehead atoms. The third-order valence-corrected chi connectivity index (χ3v) is 5.76. The maximum absolute atomic E-state index is 12.5. The van der Waals surface area contributed by atoms with Gasteiger partial charge < -0.3 is 19.1 Å².